The van der Waals surface area contributed by atoms with Crippen LogP contribution < -0.4 is 10.5 Å². The van der Waals surface area contributed by atoms with Crippen LogP contribution in [0.15, 0.2) is 58.0 Å². The number of fused-ring (bicyclic) bond motifs is 1. The van der Waals surface area contributed by atoms with Gasteiger partial charge in [-0.2, -0.15) is 0 Å². The first kappa shape index (κ1) is 18.2. The molecule has 0 aliphatic rings. The summed E-state index contributed by atoms with van der Waals surface area (Å²) in [5.74, 6) is -0.0876. The van der Waals surface area contributed by atoms with Crippen molar-refractivity contribution in [1.82, 2.24) is 5.32 Å². The third kappa shape index (κ3) is 4.30. The van der Waals surface area contributed by atoms with Gasteiger partial charge in [0.15, 0.2) is 0 Å². The van der Waals surface area contributed by atoms with E-state index in [1.807, 2.05) is 25.1 Å². The number of hydrogen-bond acceptors (Lipinski definition) is 4. The molecular weight excluding hydrogens is 352 g/mol. The Morgan fingerprint density at radius 3 is 2.58 bits per heavy atom. The van der Waals surface area contributed by atoms with Crippen molar-refractivity contribution in [2.24, 2.45) is 5.14 Å². The highest BCUT2D eigenvalue weighted by Gasteiger charge is 2.11. The fourth-order valence-corrected chi connectivity index (χ4v) is 3.28. The van der Waals surface area contributed by atoms with Gasteiger partial charge in [0.25, 0.3) is 0 Å². The van der Waals surface area contributed by atoms with E-state index in [4.69, 9.17) is 9.56 Å². The summed E-state index contributed by atoms with van der Waals surface area (Å²) in [7, 11) is -3.68. The number of benzene rings is 2. The molecule has 3 N–H and O–H groups in total. The molecule has 0 spiro atoms. The van der Waals surface area contributed by atoms with E-state index in [1.54, 1.807) is 18.4 Å². The Balaban J connectivity index is 1.55. The highest BCUT2D eigenvalue weighted by atomic mass is 32.2. The maximum atomic E-state index is 12.2. The zero-order valence-corrected chi connectivity index (χ0v) is 15.2. The predicted molar refractivity (Wildman–Crippen MR) is 99.2 cm³/mol. The van der Waals surface area contributed by atoms with Gasteiger partial charge in [-0.15, -0.1) is 0 Å². The van der Waals surface area contributed by atoms with Crippen molar-refractivity contribution in [3.63, 3.8) is 0 Å². The summed E-state index contributed by atoms with van der Waals surface area (Å²) in [5, 5.41) is 8.89. The summed E-state index contributed by atoms with van der Waals surface area (Å²) in [6.45, 7) is 2.46. The molecule has 26 heavy (non-hydrogen) atoms. The number of hydrogen-bond donors (Lipinski definition) is 2. The maximum absolute atomic E-state index is 12.2. The molecule has 0 bridgehead atoms. The lowest BCUT2D eigenvalue weighted by Crippen LogP contribution is -2.27. The first-order chi connectivity index (χ1) is 12.3. The van der Waals surface area contributed by atoms with Crippen LogP contribution in [0.5, 0.6) is 0 Å². The molecule has 7 heteroatoms. The summed E-state index contributed by atoms with van der Waals surface area (Å²) >= 11 is 0. The molecule has 2 aromatic carbocycles. The minimum absolute atomic E-state index is 0.0763. The van der Waals surface area contributed by atoms with E-state index in [1.165, 1.54) is 12.1 Å². The maximum Gasteiger partial charge on any atom is 0.238 e. The topological polar surface area (TPSA) is 102 Å². The Morgan fingerprint density at radius 1 is 1.15 bits per heavy atom. The van der Waals surface area contributed by atoms with Gasteiger partial charge in [0.05, 0.1) is 17.6 Å². The van der Waals surface area contributed by atoms with Gasteiger partial charge in [0.1, 0.15) is 5.58 Å². The van der Waals surface area contributed by atoms with Gasteiger partial charge in [-0.1, -0.05) is 23.8 Å². The van der Waals surface area contributed by atoms with E-state index < -0.39 is 10.0 Å². The summed E-state index contributed by atoms with van der Waals surface area (Å²) in [6.07, 6.45) is 2.47. The monoisotopic (exact) mass is 372 g/mol. The second-order valence-electron chi connectivity index (χ2n) is 6.23. The summed E-state index contributed by atoms with van der Waals surface area (Å²) in [4.78, 5) is 12.2. The van der Waals surface area contributed by atoms with Crippen molar-refractivity contribution < 1.29 is 17.6 Å². The zero-order valence-electron chi connectivity index (χ0n) is 14.4. The van der Waals surface area contributed by atoms with Crippen molar-refractivity contribution in [2.75, 3.05) is 6.54 Å². The van der Waals surface area contributed by atoms with E-state index in [9.17, 15) is 13.2 Å². The third-order valence-electron chi connectivity index (χ3n) is 4.15. The molecule has 0 saturated heterocycles. The number of rotatable bonds is 6. The fraction of sp³-hybridized carbons (Fsp3) is 0.211. The highest BCUT2D eigenvalue weighted by Crippen LogP contribution is 2.22. The average Bonchev–Trinajstić information content (AvgIpc) is 2.96. The number of carbonyl (C=O) groups excluding carboxylic acids is 1. The fourth-order valence-electron chi connectivity index (χ4n) is 2.76. The molecule has 3 aromatic rings. The van der Waals surface area contributed by atoms with Gasteiger partial charge >= 0.3 is 0 Å². The lowest BCUT2D eigenvalue weighted by atomic mass is 10.1. The van der Waals surface area contributed by atoms with Crippen molar-refractivity contribution in [2.45, 2.75) is 24.7 Å². The number of aryl methyl sites for hydroxylation is 1. The molecule has 3 rings (SSSR count). The number of carbonyl (C=O) groups is 1. The molecule has 1 heterocycles. The van der Waals surface area contributed by atoms with Gasteiger partial charge < -0.3 is 9.73 Å². The second-order valence-corrected chi connectivity index (χ2v) is 7.79. The predicted octanol–water partition coefficient (Wildman–Crippen LogP) is 2.29. The highest BCUT2D eigenvalue weighted by molar-refractivity contribution is 7.89. The Morgan fingerprint density at radius 2 is 1.88 bits per heavy atom. The van der Waals surface area contributed by atoms with Gasteiger partial charge in [-0.3, -0.25) is 4.79 Å². The third-order valence-corrected chi connectivity index (χ3v) is 5.08. The standard InChI is InChI=1S/C19H20N2O4S/c1-13-2-7-18-17(10-13)15(12-25-18)11-19(22)21-9-8-14-3-5-16(6-4-14)26(20,23)24/h2-7,10,12H,8-9,11H2,1H3,(H,21,22)(H2,20,23,24). The zero-order chi connectivity index (χ0) is 18.7. The molecule has 1 aromatic heterocycles. The minimum atomic E-state index is -3.68. The quantitative estimate of drug-likeness (QED) is 0.693. The van der Waals surface area contributed by atoms with Crippen LogP contribution in [0.3, 0.4) is 0 Å². The van der Waals surface area contributed by atoms with Gasteiger partial charge in [-0.05, 0) is 43.2 Å². The van der Waals surface area contributed by atoms with Gasteiger partial charge in [0, 0.05) is 17.5 Å². The molecule has 0 radical (unpaired) electrons. The molecule has 0 fully saturated rings. The van der Waals surface area contributed by atoms with Crippen LogP contribution in [-0.4, -0.2) is 20.9 Å². The number of sulfonamides is 1. The smallest absolute Gasteiger partial charge is 0.238 e. The molecule has 0 atom stereocenters. The Hall–Kier alpha value is -2.64. The summed E-state index contributed by atoms with van der Waals surface area (Å²) in [5.41, 5.74) is 3.66. The van der Waals surface area contributed by atoms with Crippen molar-refractivity contribution in [1.29, 1.82) is 0 Å². The van der Waals surface area contributed by atoms with E-state index in [-0.39, 0.29) is 17.2 Å². The summed E-state index contributed by atoms with van der Waals surface area (Å²) < 4.78 is 27.9. The Bertz CT molecular complexity index is 1040. The van der Waals surface area contributed by atoms with Crippen molar-refractivity contribution in [3.05, 3.63) is 65.4 Å². The molecule has 0 unspecified atom stereocenters. The minimum Gasteiger partial charge on any atom is -0.464 e. The van der Waals surface area contributed by atoms with Crippen molar-refractivity contribution >= 4 is 26.9 Å². The van der Waals surface area contributed by atoms with Crippen LogP contribution in [0.1, 0.15) is 16.7 Å². The second kappa shape index (κ2) is 7.31. The molecule has 136 valence electrons. The Kier molecular flexibility index (Phi) is 5.11. The molecule has 0 aliphatic carbocycles. The van der Waals surface area contributed by atoms with Gasteiger partial charge in [0.2, 0.25) is 15.9 Å². The Labute approximate surface area is 152 Å². The molecule has 1 amide bonds. The van der Waals surface area contributed by atoms with Crippen molar-refractivity contribution in [3.8, 4) is 0 Å². The number of amides is 1. The number of primary sulfonamides is 1. The number of nitrogens with one attached hydrogen (secondary N) is 1. The molecule has 0 aliphatic heterocycles. The SMILES string of the molecule is Cc1ccc2occ(CC(=O)NCCc3ccc(S(N)(=O)=O)cc3)c2c1. The normalized spacial score (nSPS) is 11.6. The van der Waals surface area contributed by atoms with E-state index >= 15 is 0 Å². The molecule has 6 nitrogen and oxygen atoms in total. The van der Waals surface area contributed by atoms with E-state index in [0.29, 0.717) is 13.0 Å². The first-order valence-electron chi connectivity index (χ1n) is 8.18. The largest absolute Gasteiger partial charge is 0.464 e. The van der Waals surface area contributed by atoms with Gasteiger partial charge in [-0.25, -0.2) is 13.6 Å². The van der Waals surface area contributed by atoms with Crippen LogP contribution >= 0.6 is 0 Å². The van der Waals surface area contributed by atoms with E-state index in [2.05, 4.69) is 5.32 Å². The molecule has 0 saturated carbocycles. The first-order valence-corrected chi connectivity index (χ1v) is 9.73. The van der Waals surface area contributed by atoms with Crippen LogP contribution in [0.2, 0.25) is 0 Å². The average molecular weight is 372 g/mol. The summed E-state index contributed by atoms with van der Waals surface area (Å²) in [6, 6.07) is 12.2. The number of furan rings is 1. The lowest BCUT2D eigenvalue weighted by Gasteiger charge is -2.06. The van der Waals surface area contributed by atoms with Crippen LogP contribution in [0, 0.1) is 6.92 Å². The van der Waals surface area contributed by atoms with Crippen LogP contribution in [0.4, 0.5) is 0 Å². The van der Waals surface area contributed by atoms with Crippen LogP contribution in [0.25, 0.3) is 11.0 Å². The number of nitrogens with two attached hydrogens (primary N) is 1. The van der Waals surface area contributed by atoms with Crippen LogP contribution in [-0.2, 0) is 27.7 Å². The van der Waals surface area contributed by atoms with E-state index in [0.717, 1.165) is 27.7 Å². The molecular formula is C19H20N2O4S. The lowest BCUT2D eigenvalue weighted by molar-refractivity contribution is -0.120.